The van der Waals surface area contributed by atoms with Crippen molar-refractivity contribution in [2.75, 3.05) is 6.61 Å². The highest BCUT2D eigenvalue weighted by molar-refractivity contribution is 6.08. The molecule has 0 bridgehead atoms. The minimum absolute atomic E-state index is 0.135. The van der Waals surface area contributed by atoms with Crippen LogP contribution in [0.5, 0.6) is 0 Å². The number of carbonyl (C=O) groups excluding carboxylic acids is 2. The van der Waals surface area contributed by atoms with Crippen molar-refractivity contribution in [2.24, 2.45) is 0 Å². The Kier molecular flexibility index (Phi) is 5.75. The molecule has 2 rings (SSSR count). The lowest BCUT2D eigenvalue weighted by Gasteiger charge is -2.15. The van der Waals surface area contributed by atoms with Crippen LogP contribution >= 0.6 is 0 Å². The van der Waals surface area contributed by atoms with Gasteiger partial charge in [0.05, 0.1) is 11.1 Å². The number of carbonyl (C=O) groups is 2. The fourth-order valence-electron chi connectivity index (χ4n) is 2.14. The topological polar surface area (TPSA) is 43.4 Å². The van der Waals surface area contributed by atoms with E-state index in [4.69, 9.17) is 4.74 Å². The van der Waals surface area contributed by atoms with Crippen LogP contribution in [0.1, 0.15) is 27.6 Å². The maximum Gasteiger partial charge on any atom is 0.416 e. The summed E-state index contributed by atoms with van der Waals surface area (Å²) < 4.78 is 44.6. The normalized spacial score (nSPS) is 12.3. The summed E-state index contributed by atoms with van der Waals surface area (Å²) in [4.78, 5) is 24.1. The summed E-state index contributed by atoms with van der Waals surface area (Å²) in [5.74, 6) is -1.65. The van der Waals surface area contributed by atoms with E-state index in [1.165, 1.54) is 24.3 Å². The second-order valence-electron chi connectivity index (χ2n) is 5.24. The van der Waals surface area contributed by atoms with Crippen LogP contribution in [0, 0.1) is 0 Å². The number of esters is 1. The molecule has 130 valence electrons. The van der Waals surface area contributed by atoms with Gasteiger partial charge in [0.25, 0.3) is 0 Å². The monoisotopic (exact) mass is 348 g/mol. The predicted octanol–water partition coefficient (Wildman–Crippen LogP) is 4.61. The average molecular weight is 348 g/mol. The minimum Gasteiger partial charge on any atom is -0.457 e. The number of halogens is 3. The molecule has 0 aromatic heterocycles. The number of hydrogen-bond donors (Lipinski definition) is 0. The van der Waals surface area contributed by atoms with Gasteiger partial charge in [-0.2, -0.15) is 13.2 Å². The number of ketones is 1. The number of ether oxygens (including phenoxy) is 1. The lowest BCUT2D eigenvalue weighted by molar-refractivity contribution is -0.0989. The van der Waals surface area contributed by atoms with Gasteiger partial charge in [0.15, 0.2) is 5.78 Å². The van der Waals surface area contributed by atoms with Gasteiger partial charge in [-0.15, -0.1) is 0 Å². The summed E-state index contributed by atoms with van der Waals surface area (Å²) in [6.45, 7) is 0.0517. The fourth-order valence-corrected chi connectivity index (χ4v) is 2.14. The van der Waals surface area contributed by atoms with Crippen molar-refractivity contribution in [1.82, 2.24) is 0 Å². The zero-order valence-corrected chi connectivity index (χ0v) is 13.3. The van der Waals surface area contributed by atoms with Crippen molar-refractivity contribution in [3.63, 3.8) is 0 Å². The highest BCUT2D eigenvalue weighted by atomic mass is 19.4. The van der Waals surface area contributed by atoms with Gasteiger partial charge in [-0.25, -0.2) is 4.79 Å². The SMILES string of the molecule is C/C(C(=O)c1ccccc1)=C(\COC(=O)c1ccccc1)C(F)(F)F. The molecule has 2 aromatic rings. The van der Waals surface area contributed by atoms with Gasteiger partial charge < -0.3 is 4.74 Å². The molecule has 0 fully saturated rings. The van der Waals surface area contributed by atoms with Crippen molar-refractivity contribution in [2.45, 2.75) is 13.1 Å². The molecule has 0 aliphatic heterocycles. The number of Topliss-reactive ketones (excluding diaryl/α,β-unsaturated/α-hetero) is 1. The standard InChI is InChI=1S/C19H15F3O3/c1-13(17(23)14-8-4-2-5-9-14)16(19(20,21)22)12-25-18(24)15-10-6-3-7-11-15/h2-11H,12H2,1H3/b16-13-. The van der Waals surface area contributed by atoms with Crippen molar-refractivity contribution < 1.29 is 27.5 Å². The second-order valence-corrected chi connectivity index (χ2v) is 5.24. The Labute approximate surface area is 142 Å². The summed E-state index contributed by atoms with van der Waals surface area (Å²) >= 11 is 0. The van der Waals surface area contributed by atoms with Crippen molar-refractivity contribution in [3.8, 4) is 0 Å². The molecule has 0 heterocycles. The molecule has 6 heteroatoms. The average Bonchev–Trinajstić information content (AvgIpc) is 2.61. The molecule has 0 N–H and O–H groups in total. The molecule has 0 radical (unpaired) electrons. The zero-order chi connectivity index (χ0) is 18.4. The Hall–Kier alpha value is -2.89. The molecule has 0 aliphatic carbocycles. The number of rotatable bonds is 5. The minimum atomic E-state index is -4.79. The maximum absolute atomic E-state index is 13.3. The number of benzene rings is 2. The molecule has 0 saturated carbocycles. The van der Waals surface area contributed by atoms with Crippen molar-refractivity contribution in [1.29, 1.82) is 0 Å². The van der Waals surface area contributed by atoms with Crippen LogP contribution in [0.25, 0.3) is 0 Å². The molecular weight excluding hydrogens is 333 g/mol. The van der Waals surface area contributed by atoms with Crippen LogP contribution in [-0.2, 0) is 4.74 Å². The molecule has 0 amide bonds. The van der Waals surface area contributed by atoms with Gasteiger partial charge in [-0.05, 0) is 19.1 Å². The first-order valence-corrected chi connectivity index (χ1v) is 7.39. The Morgan fingerprint density at radius 2 is 1.36 bits per heavy atom. The molecule has 3 nitrogen and oxygen atoms in total. The fraction of sp³-hybridized carbons (Fsp3) is 0.158. The van der Waals surface area contributed by atoms with Crippen molar-refractivity contribution in [3.05, 3.63) is 82.9 Å². The Bertz CT molecular complexity index is 779. The van der Waals surface area contributed by atoms with E-state index in [0.717, 1.165) is 6.92 Å². The van der Waals surface area contributed by atoms with E-state index in [1.807, 2.05) is 0 Å². The second kappa shape index (κ2) is 7.79. The largest absolute Gasteiger partial charge is 0.457 e. The maximum atomic E-state index is 13.3. The van der Waals surface area contributed by atoms with Crippen LogP contribution in [0.4, 0.5) is 13.2 Å². The molecule has 0 atom stereocenters. The van der Waals surface area contributed by atoms with E-state index in [0.29, 0.717) is 0 Å². The Morgan fingerprint density at radius 1 is 0.880 bits per heavy atom. The van der Waals surface area contributed by atoms with E-state index >= 15 is 0 Å². The summed E-state index contributed by atoms with van der Waals surface area (Å²) in [6.07, 6.45) is -4.79. The third-order valence-corrected chi connectivity index (χ3v) is 3.53. The van der Waals surface area contributed by atoms with Crippen LogP contribution < -0.4 is 0 Å². The van der Waals surface area contributed by atoms with Gasteiger partial charge in [-0.1, -0.05) is 48.5 Å². The Balaban J connectivity index is 2.24. The lowest BCUT2D eigenvalue weighted by Crippen LogP contribution is -2.23. The van der Waals surface area contributed by atoms with E-state index in [2.05, 4.69) is 0 Å². The number of alkyl halides is 3. The highest BCUT2D eigenvalue weighted by Gasteiger charge is 2.37. The lowest BCUT2D eigenvalue weighted by atomic mass is 10.00. The Morgan fingerprint density at radius 3 is 1.84 bits per heavy atom. The third-order valence-electron chi connectivity index (χ3n) is 3.53. The molecule has 0 unspecified atom stereocenters. The smallest absolute Gasteiger partial charge is 0.416 e. The number of allylic oxidation sites excluding steroid dienone is 1. The van der Waals surface area contributed by atoms with Crippen LogP contribution in [0.15, 0.2) is 71.8 Å². The van der Waals surface area contributed by atoms with E-state index in [-0.39, 0.29) is 11.1 Å². The van der Waals surface area contributed by atoms with E-state index in [9.17, 15) is 22.8 Å². The molecule has 2 aromatic carbocycles. The summed E-state index contributed by atoms with van der Waals surface area (Å²) in [5, 5.41) is 0. The molecule has 0 aliphatic rings. The zero-order valence-electron chi connectivity index (χ0n) is 13.3. The van der Waals surface area contributed by atoms with Gasteiger partial charge in [0, 0.05) is 11.1 Å². The summed E-state index contributed by atoms with van der Waals surface area (Å²) in [7, 11) is 0. The van der Waals surface area contributed by atoms with Gasteiger partial charge in [0.1, 0.15) is 6.61 Å². The van der Waals surface area contributed by atoms with E-state index < -0.39 is 35.7 Å². The van der Waals surface area contributed by atoms with E-state index in [1.54, 1.807) is 36.4 Å². The van der Waals surface area contributed by atoms with Crippen LogP contribution in [-0.4, -0.2) is 24.5 Å². The van der Waals surface area contributed by atoms with Gasteiger partial charge in [-0.3, -0.25) is 4.79 Å². The highest BCUT2D eigenvalue weighted by Crippen LogP contribution is 2.30. The molecule has 25 heavy (non-hydrogen) atoms. The molecule has 0 saturated heterocycles. The predicted molar refractivity (Wildman–Crippen MR) is 86.3 cm³/mol. The van der Waals surface area contributed by atoms with Gasteiger partial charge >= 0.3 is 12.1 Å². The van der Waals surface area contributed by atoms with Crippen LogP contribution in [0.2, 0.25) is 0 Å². The summed E-state index contributed by atoms with van der Waals surface area (Å²) in [5.41, 5.74) is -1.41. The third kappa shape index (κ3) is 4.79. The first-order chi connectivity index (χ1) is 11.8. The molecule has 0 spiro atoms. The molecular formula is C19H15F3O3. The van der Waals surface area contributed by atoms with Crippen LogP contribution in [0.3, 0.4) is 0 Å². The first-order valence-electron chi connectivity index (χ1n) is 7.39. The number of hydrogen-bond acceptors (Lipinski definition) is 3. The van der Waals surface area contributed by atoms with Crippen molar-refractivity contribution >= 4 is 11.8 Å². The quantitative estimate of drug-likeness (QED) is 0.450. The first kappa shape index (κ1) is 18.4. The summed E-state index contributed by atoms with van der Waals surface area (Å²) in [6, 6.07) is 15.3. The van der Waals surface area contributed by atoms with Gasteiger partial charge in [0.2, 0.25) is 0 Å².